The number of carbonyl (C=O) groups is 1. The van der Waals surface area contributed by atoms with E-state index in [2.05, 4.69) is 32.6 Å². The van der Waals surface area contributed by atoms with Crippen LogP contribution in [-0.2, 0) is 9.53 Å². The van der Waals surface area contributed by atoms with E-state index in [0.717, 1.165) is 37.5 Å². The third-order valence-electron chi connectivity index (χ3n) is 8.99. The minimum Gasteiger partial charge on any atom is -0.462 e. The zero-order valence-electron chi connectivity index (χ0n) is 21.9. The van der Waals surface area contributed by atoms with Crippen molar-refractivity contribution >= 4 is 5.97 Å². The molecule has 0 aromatic heterocycles. The molecule has 3 aliphatic rings. The first-order valence-corrected chi connectivity index (χ1v) is 14.2. The summed E-state index contributed by atoms with van der Waals surface area (Å²) in [4.78, 5) is 12.0. The number of allylic oxidation sites excluding steroid dienone is 4. The summed E-state index contributed by atoms with van der Waals surface area (Å²) < 4.78 is 5.73. The van der Waals surface area contributed by atoms with E-state index < -0.39 is 0 Å². The summed E-state index contributed by atoms with van der Waals surface area (Å²) in [5.74, 6) is 1.64. The third-order valence-corrected chi connectivity index (χ3v) is 8.99. The number of rotatable bonds is 11. The summed E-state index contributed by atoms with van der Waals surface area (Å²) in [5.41, 5.74) is 4.73. The first-order chi connectivity index (χ1) is 16.0. The van der Waals surface area contributed by atoms with Gasteiger partial charge in [-0.1, -0.05) is 89.2 Å². The monoisotopic (exact) mass is 454 g/mol. The summed E-state index contributed by atoms with van der Waals surface area (Å²) in [5, 5.41) is 0. The first kappa shape index (κ1) is 26.3. The van der Waals surface area contributed by atoms with E-state index in [1.165, 1.54) is 88.2 Å². The number of hydrogen-bond donors (Lipinski definition) is 0. The van der Waals surface area contributed by atoms with Gasteiger partial charge in [-0.3, -0.25) is 4.79 Å². The van der Waals surface area contributed by atoms with Gasteiger partial charge in [-0.25, -0.2) is 0 Å². The fourth-order valence-corrected chi connectivity index (χ4v) is 6.92. The van der Waals surface area contributed by atoms with Gasteiger partial charge >= 0.3 is 5.97 Å². The maximum absolute atomic E-state index is 12.0. The molecule has 4 unspecified atom stereocenters. The average Bonchev–Trinajstić information content (AvgIpc) is 3.13. The Hall–Kier alpha value is -1.31. The normalized spacial score (nSPS) is 32.3. The lowest BCUT2D eigenvalue weighted by Gasteiger charge is -2.42. The van der Waals surface area contributed by atoms with Crippen LogP contribution in [0.25, 0.3) is 0 Å². The van der Waals surface area contributed by atoms with Gasteiger partial charge in [0.05, 0.1) is 0 Å². The van der Waals surface area contributed by atoms with Crippen LogP contribution >= 0.6 is 0 Å². The highest BCUT2D eigenvalue weighted by atomic mass is 16.5. The van der Waals surface area contributed by atoms with E-state index in [1.54, 1.807) is 5.57 Å². The molecule has 2 nitrogen and oxygen atoms in total. The van der Waals surface area contributed by atoms with Crippen LogP contribution in [0.2, 0.25) is 0 Å². The second kappa shape index (κ2) is 13.0. The molecule has 0 N–H and O–H groups in total. The van der Waals surface area contributed by atoms with Gasteiger partial charge in [0, 0.05) is 12.8 Å². The molecule has 0 heterocycles. The molecule has 0 bridgehead atoms. The van der Waals surface area contributed by atoms with Gasteiger partial charge in [-0.2, -0.15) is 0 Å². The molecule has 33 heavy (non-hydrogen) atoms. The van der Waals surface area contributed by atoms with Crippen LogP contribution in [-0.4, -0.2) is 12.1 Å². The van der Waals surface area contributed by atoms with Crippen molar-refractivity contribution in [3.63, 3.8) is 0 Å². The summed E-state index contributed by atoms with van der Waals surface area (Å²) >= 11 is 0. The summed E-state index contributed by atoms with van der Waals surface area (Å²) in [6, 6.07) is 0. The highest BCUT2D eigenvalue weighted by Crippen LogP contribution is 2.58. The maximum Gasteiger partial charge on any atom is 0.306 e. The van der Waals surface area contributed by atoms with Crippen molar-refractivity contribution in [3.8, 4) is 0 Å². The summed E-state index contributed by atoms with van der Waals surface area (Å²) in [7, 11) is 0. The molecular formula is C31H50O2. The minimum atomic E-state index is -0.0434. The lowest BCUT2D eigenvalue weighted by Crippen LogP contribution is -2.33. The molecule has 3 aliphatic carbocycles. The number of carbonyl (C=O) groups excluding carboxylic acids is 1. The zero-order valence-corrected chi connectivity index (χ0v) is 21.9. The first-order valence-electron chi connectivity index (χ1n) is 14.2. The molecule has 0 aliphatic heterocycles. The van der Waals surface area contributed by atoms with E-state index in [0.29, 0.717) is 11.8 Å². The van der Waals surface area contributed by atoms with Gasteiger partial charge in [-0.05, 0) is 80.6 Å². The Bertz CT molecular complexity index is 714. The molecular weight excluding hydrogens is 404 g/mol. The standard InChI is InChI=1S/C31H50O2/c1-5-7-8-9-10-11-15-27-19-21-29-25(14-12-22-31(27,29)4)17-18-26-23-28(20-16-24(26)3)33-30(32)13-6-2/h17-18,27-29H,3,5-16,19-23H2,1-2,4H3/b25-17-,26-18+. The van der Waals surface area contributed by atoms with Gasteiger partial charge in [-0.15, -0.1) is 0 Å². The number of hydrogen-bond acceptors (Lipinski definition) is 2. The lowest BCUT2D eigenvalue weighted by molar-refractivity contribution is -0.149. The Labute approximate surface area is 204 Å². The van der Waals surface area contributed by atoms with Crippen LogP contribution < -0.4 is 0 Å². The molecule has 0 spiro atoms. The molecule has 186 valence electrons. The van der Waals surface area contributed by atoms with Gasteiger partial charge < -0.3 is 4.74 Å². The second-order valence-electron chi connectivity index (χ2n) is 11.4. The van der Waals surface area contributed by atoms with Gasteiger partial charge in [0.1, 0.15) is 6.10 Å². The van der Waals surface area contributed by atoms with Crippen LogP contribution in [0, 0.1) is 17.3 Å². The largest absolute Gasteiger partial charge is 0.462 e. The molecule has 0 radical (unpaired) electrons. The summed E-state index contributed by atoms with van der Waals surface area (Å²) in [6.07, 6.45) is 25.6. The topological polar surface area (TPSA) is 26.3 Å². The Balaban J connectivity index is 1.59. The van der Waals surface area contributed by atoms with Crippen molar-refractivity contribution in [2.45, 2.75) is 136 Å². The number of unbranched alkanes of at least 4 members (excludes halogenated alkanes) is 5. The van der Waals surface area contributed by atoms with Crippen molar-refractivity contribution in [2.24, 2.45) is 17.3 Å². The smallest absolute Gasteiger partial charge is 0.306 e. The van der Waals surface area contributed by atoms with E-state index in [-0.39, 0.29) is 12.1 Å². The van der Waals surface area contributed by atoms with Crippen molar-refractivity contribution < 1.29 is 9.53 Å². The molecule has 4 atom stereocenters. The molecule has 3 fully saturated rings. The van der Waals surface area contributed by atoms with Gasteiger partial charge in [0.15, 0.2) is 0 Å². The molecule has 3 rings (SSSR count). The van der Waals surface area contributed by atoms with Crippen LogP contribution in [0.5, 0.6) is 0 Å². The Kier molecular flexibility index (Phi) is 10.3. The van der Waals surface area contributed by atoms with Crippen molar-refractivity contribution in [2.75, 3.05) is 0 Å². The summed E-state index contributed by atoms with van der Waals surface area (Å²) in [6.45, 7) is 11.3. The van der Waals surface area contributed by atoms with E-state index >= 15 is 0 Å². The molecule has 0 aromatic rings. The molecule has 0 amide bonds. The predicted octanol–water partition coefficient (Wildman–Crippen LogP) is 9.26. The van der Waals surface area contributed by atoms with Crippen LogP contribution in [0.15, 0.2) is 35.5 Å². The van der Waals surface area contributed by atoms with Crippen LogP contribution in [0.3, 0.4) is 0 Å². The zero-order chi connectivity index (χ0) is 23.7. The predicted molar refractivity (Wildman–Crippen MR) is 140 cm³/mol. The Morgan fingerprint density at radius 1 is 1.03 bits per heavy atom. The number of esters is 1. The molecule has 3 saturated carbocycles. The quantitative estimate of drug-likeness (QED) is 0.230. The lowest BCUT2D eigenvalue weighted by atomic mass is 9.62. The fraction of sp³-hybridized carbons (Fsp3) is 0.774. The fourth-order valence-electron chi connectivity index (χ4n) is 6.92. The molecule has 2 heteroatoms. The van der Waals surface area contributed by atoms with E-state index in [1.807, 2.05) is 6.92 Å². The SMILES string of the molecule is C=C1CCC(OC(=O)CCC)C/C1=C\C=C1\CCCC2(C)C(CCCCCCCC)CCC12. The van der Waals surface area contributed by atoms with Crippen LogP contribution in [0.1, 0.15) is 130 Å². The van der Waals surface area contributed by atoms with E-state index in [9.17, 15) is 4.79 Å². The molecule has 0 saturated heterocycles. The maximum atomic E-state index is 12.0. The Morgan fingerprint density at radius 2 is 1.82 bits per heavy atom. The van der Waals surface area contributed by atoms with Gasteiger partial charge in [0.25, 0.3) is 0 Å². The average molecular weight is 455 g/mol. The second-order valence-corrected chi connectivity index (χ2v) is 11.4. The Morgan fingerprint density at radius 3 is 2.61 bits per heavy atom. The highest BCUT2D eigenvalue weighted by Gasteiger charge is 2.48. The van der Waals surface area contributed by atoms with Gasteiger partial charge in [0.2, 0.25) is 0 Å². The molecule has 0 aromatic carbocycles. The van der Waals surface area contributed by atoms with E-state index in [4.69, 9.17) is 4.74 Å². The number of fused-ring (bicyclic) bond motifs is 1. The van der Waals surface area contributed by atoms with Crippen LogP contribution in [0.4, 0.5) is 0 Å². The highest BCUT2D eigenvalue weighted by molar-refractivity contribution is 5.69. The third kappa shape index (κ3) is 7.09. The minimum absolute atomic E-state index is 0.0315. The number of ether oxygens (including phenoxy) is 1. The van der Waals surface area contributed by atoms with Crippen molar-refractivity contribution in [1.82, 2.24) is 0 Å². The van der Waals surface area contributed by atoms with Crippen molar-refractivity contribution in [3.05, 3.63) is 35.5 Å². The van der Waals surface area contributed by atoms with Crippen molar-refractivity contribution in [1.29, 1.82) is 0 Å².